The molecule has 0 radical (unpaired) electrons. The fourth-order valence-electron chi connectivity index (χ4n) is 2.66. The zero-order valence-electron chi connectivity index (χ0n) is 12.5. The minimum Gasteiger partial charge on any atom is -0.314 e. The fourth-order valence-corrected chi connectivity index (χ4v) is 2.66. The van der Waals surface area contributed by atoms with Crippen molar-refractivity contribution in [3.63, 3.8) is 0 Å². The monoisotopic (exact) mass is 265 g/mol. The second kappa shape index (κ2) is 6.48. The van der Waals surface area contributed by atoms with Crippen molar-refractivity contribution < 1.29 is 0 Å². The highest BCUT2D eigenvalue weighted by molar-refractivity contribution is 4.91. The summed E-state index contributed by atoms with van der Waals surface area (Å²) in [6, 6.07) is 0. The lowest BCUT2D eigenvalue weighted by Crippen LogP contribution is -2.29. The van der Waals surface area contributed by atoms with Gasteiger partial charge in [0.05, 0.1) is 12.2 Å². The Labute approximate surface area is 116 Å². The van der Waals surface area contributed by atoms with Crippen LogP contribution in [-0.4, -0.2) is 46.6 Å². The molecule has 0 saturated carbocycles. The van der Waals surface area contributed by atoms with Crippen LogP contribution in [0.2, 0.25) is 0 Å². The van der Waals surface area contributed by atoms with Gasteiger partial charge < -0.3 is 10.2 Å². The molecule has 2 heterocycles. The van der Waals surface area contributed by atoms with Crippen molar-refractivity contribution >= 4 is 0 Å². The van der Waals surface area contributed by atoms with Gasteiger partial charge in [-0.25, -0.2) is 0 Å². The smallest absolute Gasteiger partial charge is 0.0964 e. The van der Waals surface area contributed by atoms with E-state index < -0.39 is 0 Å². The minimum absolute atomic E-state index is 0.516. The Morgan fingerprint density at radius 1 is 1.26 bits per heavy atom. The van der Waals surface area contributed by atoms with E-state index in [-0.39, 0.29) is 0 Å². The third-order valence-electron chi connectivity index (χ3n) is 4.02. The van der Waals surface area contributed by atoms with Crippen LogP contribution in [0.1, 0.15) is 38.8 Å². The Bertz CT molecular complexity index is 385. The molecule has 1 aromatic rings. The van der Waals surface area contributed by atoms with Crippen LogP contribution in [0, 0.1) is 5.41 Å². The van der Waals surface area contributed by atoms with Gasteiger partial charge in [-0.1, -0.05) is 19.1 Å². The summed E-state index contributed by atoms with van der Waals surface area (Å²) in [5, 5.41) is 11.4. The molecule has 0 bridgehead atoms. The standard InChI is InChI=1S/C14H27N5/c1-14(2)5-4-7-18(8-6-14)9-10-19-12-13(11-15-3)16-17-19/h12,15H,4-11H2,1-3H3. The zero-order chi connectivity index (χ0) is 13.7. The number of hydrogen-bond donors (Lipinski definition) is 1. The van der Waals surface area contributed by atoms with E-state index in [0.29, 0.717) is 5.41 Å². The van der Waals surface area contributed by atoms with Gasteiger partial charge in [-0.05, 0) is 44.8 Å². The van der Waals surface area contributed by atoms with Crippen molar-refractivity contribution in [3.8, 4) is 0 Å². The molecule has 1 N–H and O–H groups in total. The van der Waals surface area contributed by atoms with E-state index in [9.17, 15) is 0 Å². The van der Waals surface area contributed by atoms with Crippen LogP contribution in [0.15, 0.2) is 6.20 Å². The van der Waals surface area contributed by atoms with E-state index in [2.05, 4.69) is 34.4 Å². The Morgan fingerprint density at radius 2 is 2.11 bits per heavy atom. The van der Waals surface area contributed by atoms with Crippen LogP contribution in [-0.2, 0) is 13.1 Å². The first-order valence-electron chi connectivity index (χ1n) is 7.35. The molecule has 1 aromatic heterocycles. The molecule has 19 heavy (non-hydrogen) atoms. The number of nitrogens with zero attached hydrogens (tertiary/aromatic N) is 4. The maximum atomic E-state index is 4.17. The molecule has 1 saturated heterocycles. The second-order valence-corrected chi connectivity index (χ2v) is 6.36. The summed E-state index contributed by atoms with van der Waals surface area (Å²) in [6.45, 7) is 10.0. The molecule has 1 aliphatic heterocycles. The molecule has 5 heteroatoms. The molecular weight excluding hydrogens is 238 g/mol. The van der Waals surface area contributed by atoms with Gasteiger partial charge in [-0.2, -0.15) is 0 Å². The SMILES string of the molecule is CNCc1cn(CCN2CCCC(C)(C)CC2)nn1. The molecular formula is C14H27N5. The summed E-state index contributed by atoms with van der Waals surface area (Å²) in [6.07, 6.45) is 6.00. The van der Waals surface area contributed by atoms with E-state index in [0.717, 1.165) is 25.3 Å². The highest BCUT2D eigenvalue weighted by Crippen LogP contribution is 2.29. The van der Waals surface area contributed by atoms with E-state index in [1.165, 1.54) is 32.4 Å². The maximum absolute atomic E-state index is 4.17. The molecule has 0 spiro atoms. The van der Waals surface area contributed by atoms with Crippen molar-refractivity contribution in [1.82, 2.24) is 25.2 Å². The Kier molecular flexibility index (Phi) is 4.93. The van der Waals surface area contributed by atoms with Crippen molar-refractivity contribution in [3.05, 3.63) is 11.9 Å². The Balaban J connectivity index is 1.78. The van der Waals surface area contributed by atoms with Crippen molar-refractivity contribution in [2.24, 2.45) is 5.41 Å². The van der Waals surface area contributed by atoms with E-state index in [1.807, 2.05) is 17.9 Å². The molecule has 0 unspecified atom stereocenters. The zero-order valence-corrected chi connectivity index (χ0v) is 12.5. The molecule has 0 aliphatic carbocycles. The van der Waals surface area contributed by atoms with Crippen molar-refractivity contribution in [1.29, 1.82) is 0 Å². The summed E-state index contributed by atoms with van der Waals surface area (Å²) in [5.74, 6) is 0. The van der Waals surface area contributed by atoms with Gasteiger partial charge in [-0.3, -0.25) is 4.68 Å². The second-order valence-electron chi connectivity index (χ2n) is 6.36. The van der Waals surface area contributed by atoms with Gasteiger partial charge in [0.2, 0.25) is 0 Å². The first-order valence-corrected chi connectivity index (χ1v) is 7.35. The predicted molar refractivity (Wildman–Crippen MR) is 76.9 cm³/mol. The van der Waals surface area contributed by atoms with Crippen molar-refractivity contribution in [2.45, 2.75) is 46.2 Å². The lowest BCUT2D eigenvalue weighted by Gasteiger charge is -2.23. The largest absolute Gasteiger partial charge is 0.314 e. The van der Waals surface area contributed by atoms with Gasteiger partial charge in [0.15, 0.2) is 0 Å². The third-order valence-corrected chi connectivity index (χ3v) is 4.02. The lowest BCUT2D eigenvalue weighted by molar-refractivity contribution is 0.250. The minimum atomic E-state index is 0.516. The van der Waals surface area contributed by atoms with Gasteiger partial charge in [-0.15, -0.1) is 5.10 Å². The molecule has 0 atom stereocenters. The Morgan fingerprint density at radius 3 is 2.89 bits per heavy atom. The van der Waals surface area contributed by atoms with Gasteiger partial charge in [0.1, 0.15) is 0 Å². The number of rotatable bonds is 5. The van der Waals surface area contributed by atoms with E-state index in [4.69, 9.17) is 0 Å². The van der Waals surface area contributed by atoms with Crippen LogP contribution >= 0.6 is 0 Å². The van der Waals surface area contributed by atoms with Crippen LogP contribution in [0.25, 0.3) is 0 Å². The average Bonchev–Trinajstić information content (AvgIpc) is 2.72. The van der Waals surface area contributed by atoms with Crippen LogP contribution in [0.3, 0.4) is 0 Å². The van der Waals surface area contributed by atoms with Gasteiger partial charge >= 0.3 is 0 Å². The fraction of sp³-hybridized carbons (Fsp3) is 0.857. The molecule has 2 rings (SSSR count). The Hall–Kier alpha value is -0.940. The highest BCUT2D eigenvalue weighted by Gasteiger charge is 2.22. The van der Waals surface area contributed by atoms with Crippen LogP contribution in [0.5, 0.6) is 0 Å². The third kappa shape index (κ3) is 4.58. The molecule has 5 nitrogen and oxygen atoms in total. The van der Waals surface area contributed by atoms with E-state index >= 15 is 0 Å². The lowest BCUT2D eigenvalue weighted by atomic mass is 9.85. The van der Waals surface area contributed by atoms with Crippen LogP contribution < -0.4 is 5.32 Å². The summed E-state index contributed by atoms with van der Waals surface area (Å²) in [4.78, 5) is 2.56. The maximum Gasteiger partial charge on any atom is 0.0964 e. The quantitative estimate of drug-likeness (QED) is 0.876. The molecule has 1 fully saturated rings. The normalized spacial score (nSPS) is 20.4. The number of hydrogen-bond acceptors (Lipinski definition) is 4. The molecule has 1 aliphatic rings. The summed E-state index contributed by atoms with van der Waals surface area (Å²) in [5.41, 5.74) is 1.53. The number of nitrogens with one attached hydrogen (secondary N) is 1. The summed E-state index contributed by atoms with van der Waals surface area (Å²) in [7, 11) is 1.93. The first kappa shape index (κ1) is 14.5. The van der Waals surface area contributed by atoms with Crippen LogP contribution in [0.4, 0.5) is 0 Å². The predicted octanol–water partition coefficient (Wildman–Crippen LogP) is 1.51. The first-order chi connectivity index (χ1) is 9.09. The van der Waals surface area contributed by atoms with E-state index in [1.54, 1.807) is 0 Å². The molecule has 0 amide bonds. The summed E-state index contributed by atoms with van der Waals surface area (Å²) >= 11 is 0. The average molecular weight is 265 g/mol. The number of aromatic nitrogens is 3. The molecule has 108 valence electrons. The topological polar surface area (TPSA) is 46.0 Å². The number of likely N-dealkylation sites (tertiary alicyclic amines) is 1. The van der Waals surface area contributed by atoms with Crippen molar-refractivity contribution in [2.75, 3.05) is 26.7 Å². The summed E-state index contributed by atoms with van der Waals surface area (Å²) < 4.78 is 1.96. The van der Waals surface area contributed by atoms with Gasteiger partial charge in [0.25, 0.3) is 0 Å². The highest BCUT2D eigenvalue weighted by atomic mass is 15.4. The van der Waals surface area contributed by atoms with Gasteiger partial charge in [0, 0.05) is 19.3 Å². The molecule has 0 aromatic carbocycles.